The Morgan fingerprint density at radius 1 is 1.06 bits per heavy atom. The first kappa shape index (κ1) is 12.6. The van der Waals surface area contributed by atoms with Crippen LogP contribution in [0.2, 0.25) is 0 Å². The molecule has 1 aromatic carbocycles. The first-order valence-electron chi connectivity index (χ1n) is 4.75. The predicted octanol–water partition coefficient (Wildman–Crippen LogP) is 2.11. The molecule has 2 aromatic rings. The molecule has 0 unspecified atom stereocenters. The molecule has 1 aromatic heterocycles. The summed E-state index contributed by atoms with van der Waals surface area (Å²) in [5.41, 5.74) is -5.13. The zero-order valence-electron chi connectivity index (χ0n) is 8.79. The fourth-order valence-corrected chi connectivity index (χ4v) is 1.85. The summed E-state index contributed by atoms with van der Waals surface area (Å²) in [4.78, 5) is 2.75. The third kappa shape index (κ3) is 2.23. The van der Waals surface area contributed by atoms with Crippen molar-refractivity contribution in [2.75, 3.05) is 0 Å². The van der Waals surface area contributed by atoms with Gasteiger partial charge in [-0.3, -0.25) is 0 Å². The van der Waals surface area contributed by atoms with Crippen molar-refractivity contribution in [1.29, 1.82) is 0 Å². The van der Waals surface area contributed by atoms with E-state index in [0.717, 1.165) is 6.20 Å². The van der Waals surface area contributed by atoms with Crippen molar-refractivity contribution in [2.45, 2.75) is 5.51 Å². The lowest BCUT2D eigenvalue weighted by molar-refractivity contribution is -0.586. The normalized spacial score (nSPS) is 12.6. The van der Waals surface area contributed by atoms with E-state index in [2.05, 4.69) is 4.83 Å². The van der Waals surface area contributed by atoms with Crippen molar-refractivity contribution >= 4 is 20.9 Å². The minimum absolute atomic E-state index is 0.271. The van der Waals surface area contributed by atoms with Crippen LogP contribution in [-0.2, 0) is 10.0 Å². The van der Waals surface area contributed by atoms with Crippen LogP contribution >= 0.6 is 0 Å². The Morgan fingerprint density at radius 2 is 1.67 bits per heavy atom. The molecule has 0 spiro atoms. The summed E-state index contributed by atoms with van der Waals surface area (Å²) in [6, 6.07) is 9.44. The number of halogens is 3. The van der Waals surface area contributed by atoms with Crippen LogP contribution in [0.4, 0.5) is 13.2 Å². The number of benzene rings is 1. The molecule has 2 rings (SSSR count). The standard InChI is InChI=1S/C10H7F3N2O2S/c11-10(12,13)18(16,17)14-15-7-3-5-8-4-1-2-6-9(8)15/h1-7H. The zero-order chi connectivity index (χ0) is 13.4. The number of hydrogen-bond donors (Lipinski definition) is 0. The molecule has 18 heavy (non-hydrogen) atoms. The molecule has 0 aliphatic rings. The molecule has 0 atom stereocenters. The lowest BCUT2D eigenvalue weighted by atomic mass is 10.2. The molecular formula is C10H7F3N2O2S. The van der Waals surface area contributed by atoms with E-state index in [4.69, 9.17) is 0 Å². The van der Waals surface area contributed by atoms with Gasteiger partial charge in [0.1, 0.15) is 0 Å². The summed E-state index contributed by atoms with van der Waals surface area (Å²) in [5.74, 6) is 0. The maximum Gasteiger partial charge on any atom is 0.487 e. The number of fused-ring (bicyclic) bond motifs is 1. The monoisotopic (exact) mass is 276 g/mol. The van der Waals surface area contributed by atoms with Crippen molar-refractivity contribution in [3.8, 4) is 0 Å². The molecule has 0 saturated carbocycles. The minimum atomic E-state index is -5.55. The van der Waals surface area contributed by atoms with Crippen LogP contribution < -0.4 is 4.68 Å². The van der Waals surface area contributed by atoms with Crippen molar-refractivity contribution in [3.63, 3.8) is 0 Å². The molecule has 96 valence electrons. The highest BCUT2D eigenvalue weighted by Gasteiger charge is 2.41. The van der Waals surface area contributed by atoms with Gasteiger partial charge >= 0.3 is 5.51 Å². The van der Waals surface area contributed by atoms with Crippen LogP contribution in [0.25, 0.3) is 15.7 Å². The van der Waals surface area contributed by atoms with Gasteiger partial charge in [0.25, 0.3) is 0 Å². The van der Waals surface area contributed by atoms with E-state index in [0.29, 0.717) is 10.1 Å². The van der Waals surface area contributed by atoms with Gasteiger partial charge in [-0.2, -0.15) is 13.2 Å². The van der Waals surface area contributed by atoms with Gasteiger partial charge < -0.3 is 4.83 Å². The van der Waals surface area contributed by atoms with Gasteiger partial charge in [0, 0.05) is 17.5 Å². The van der Waals surface area contributed by atoms with E-state index in [1.807, 2.05) is 0 Å². The smallest absolute Gasteiger partial charge is 0.314 e. The summed E-state index contributed by atoms with van der Waals surface area (Å²) in [7, 11) is -5.55. The van der Waals surface area contributed by atoms with E-state index in [9.17, 15) is 21.6 Å². The van der Waals surface area contributed by atoms with Gasteiger partial charge in [0.05, 0.1) is 0 Å². The molecule has 8 heteroatoms. The molecule has 0 aliphatic carbocycles. The number of para-hydroxylation sites is 1. The fraction of sp³-hybridized carbons (Fsp3) is 0.100. The third-order valence-corrected chi connectivity index (χ3v) is 3.15. The summed E-state index contributed by atoms with van der Waals surface area (Å²) >= 11 is 0. The Morgan fingerprint density at radius 3 is 2.33 bits per heavy atom. The first-order valence-corrected chi connectivity index (χ1v) is 6.19. The van der Waals surface area contributed by atoms with E-state index in [-0.39, 0.29) is 5.52 Å². The largest absolute Gasteiger partial charge is 0.487 e. The Bertz CT molecular complexity index is 678. The van der Waals surface area contributed by atoms with Crippen molar-refractivity contribution in [2.24, 2.45) is 0 Å². The summed E-state index contributed by atoms with van der Waals surface area (Å²) in [5, 5.41) is 0.584. The fourth-order valence-electron chi connectivity index (χ4n) is 1.38. The molecule has 0 radical (unpaired) electrons. The molecule has 0 N–H and O–H groups in total. The molecule has 4 nitrogen and oxygen atoms in total. The van der Waals surface area contributed by atoms with Crippen molar-refractivity contribution < 1.29 is 26.3 Å². The Balaban J connectivity index is 2.51. The summed E-state index contributed by atoms with van der Waals surface area (Å²) in [6.07, 6.45) is 1.14. The predicted molar refractivity (Wildman–Crippen MR) is 57.9 cm³/mol. The van der Waals surface area contributed by atoms with Crippen molar-refractivity contribution in [1.82, 2.24) is 0 Å². The quantitative estimate of drug-likeness (QED) is 0.789. The van der Waals surface area contributed by atoms with Gasteiger partial charge in [-0.05, 0) is 12.1 Å². The molecule has 0 aliphatic heterocycles. The minimum Gasteiger partial charge on any atom is -0.314 e. The lowest BCUT2D eigenvalue weighted by Gasteiger charge is -2.17. The first-order chi connectivity index (χ1) is 8.31. The summed E-state index contributed by atoms with van der Waals surface area (Å²) in [6.45, 7) is 0. The Kier molecular flexibility index (Phi) is 2.89. The van der Waals surface area contributed by atoms with Gasteiger partial charge in [-0.15, -0.1) is 0 Å². The topological polar surface area (TPSA) is 52.1 Å². The molecule has 0 saturated heterocycles. The molecule has 0 fully saturated rings. The maximum atomic E-state index is 12.2. The van der Waals surface area contributed by atoms with Crippen LogP contribution in [-0.4, -0.2) is 13.9 Å². The van der Waals surface area contributed by atoms with E-state index >= 15 is 0 Å². The second kappa shape index (κ2) is 4.13. The van der Waals surface area contributed by atoms with Crippen LogP contribution in [0.5, 0.6) is 0 Å². The molecule has 0 amide bonds. The average Bonchev–Trinajstić information content (AvgIpc) is 2.27. The number of sulfonamides is 1. The van der Waals surface area contributed by atoms with Crippen molar-refractivity contribution in [3.05, 3.63) is 47.4 Å². The third-order valence-electron chi connectivity index (χ3n) is 2.17. The van der Waals surface area contributed by atoms with Gasteiger partial charge in [0.15, 0.2) is 6.20 Å². The highest BCUT2D eigenvalue weighted by Crippen LogP contribution is 2.26. The van der Waals surface area contributed by atoms with Crippen LogP contribution in [0.3, 0.4) is 0 Å². The SMILES string of the molecule is O=S(=O)([N-][n+]1cccc2ccccc21)C(F)(F)F. The van der Waals surface area contributed by atoms with Crippen LogP contribution in [0.15, 0.2) is 42.6 Å². The van der Waals surface area contributed by atoms with Crippen LogP contribution in [0, 0.1) is 0 Å². The van der Waals surface area contributed by atoms with Gasteiger partial charge in [-0.1, -0.05) is 12.1 Å². The number of aromatic nitrogens is 1. The molecular weight excluding hydrogens is 269 g/mol. The van der Waals surface area contributed by atoms with Crippen LogP contribution in [0.1, 0.15) is 0 Å². The van der Waals surface area contributed by atoms with E-state index in [1.165, 1.54) is 12.1 Å². The number of nitrogens with zero attached hydrogens (tertiary/aromatic N) is 2. The highest BCUT2D eigenvalue weighted by atomic mass is 32.2. The maximum absolute atomic E-state index is 12.2. The lowest BCUT2D eigenvalue weighted by Crippen LogP contribution is -2.37. The second-order valence-corrected chi connectivity index (χ2v) is 4.99. The highest BCUT2D eigenvalue weighted by molar-refractivity contribution is 7.94. The number of alkyl halides is 3. The second-order valence-electron chi connectivity index (χ2n) is 3.41. The Hall–Kier alpha value is -1.83. The average molecular weight is 276 g/mol. The Labute approximate surface area is 101 Å². The molecule has 1 heterocycles. The van der Waals surface area contributed by atoms with E-state index < -0.39 is 15.5 Å². The van der Waals surface area contributed by atoms with Gasteiger partial charge in [0.2, 0.25) is 15.5 Å². The molecule has 0 bridgehead atoms. The number of hydrogen-bond acceptors (Lipinski definition) is 2. The van der Waals surface area contributed by atoms with E-state index in [1.54, 1.807) is 24.3 Å². The number of pyridine rings is 1. The van der Waals surface area contributed by atoms with Gasteiger partial charge in [-0.25, -0.2) is 13.1 Å². The number of rotatable bonds is 2. The summed E-state index contributed by atoms with van der Waals surface area (Å²) < 4.78 is 59.3. The zero-order valence-corrected chi connectivity index (χ0v) is 9.61.